The van der Waals surface area contributed by atoms with Gasteiger partial charge in [-0.05, 0) is 35.7 Å². The first-order chi connectivity index (χ1) is 20.9. The molecule has 1 fully saturated rings. The molecule has 0 unspecified atom stereocenters. The molecule has 4 amide bonds. The lowest BCUT2D eigenvalue weighted by Crippen LogP contribution is -2.59. The third kappa shape index (κ3) is 9.54. The van der Waals surface area contributed by atoms with Gasteiger partial charge in [-0.1, -0.05) is 44.2 Å². The Balaban J connectivity index is 1.84. The third-order valence-electron chi connectivity index (χ3n) is 7.08. The van der Waals surface area contributed by atoms with Gasteiger partial charge in [-0.25, -0.2) is 0 Å². The first-order valence-electron chi connectivity index (χ1n) is 14.2. The van der Waals surface area contributed by atoms with Gasteiger partial charge in [0, 0.05) is 19.8 Å². The van der Waals surface area contributed by atoms with E-state index in [0.29, 0.717) is 17.6 Å². The Morgan fingerprint density at radius 1 is 1.00 bits per heavy atom. The zero-order chi connectivity index (χ0) is 32.4. The number of amides is 4. The van der Waals surface area contributed by atoms with Crippen LogP contribution in [0.1, 0.15) is 39.2 Å². The molecule has 0 bridgehead atoms. The van der Waals surface area contributed by atoms with Crippen LogP contribution in [0.3, 0.4) is 0 Å². The van der Waals surface area contributed by atoms with Gasteiger partial charge in [0.2, 0.25) is 23.6 Å². The number of benzene rings is 2. The number of likely N-dealkylation sites (tertiary alicyclic amines) is 1. The fraction of sp³-hybridized carbons (Fsp3) is 0.419. The average Bonchev–Trinajstić information content (AvgIpc) is 3.39. The van der Waals surface area contributed by atoms with Gasteiger partial charge in [-0.15, -0.1) is 0 Å². The number of aromatic hydroxyl groups is 1. The maximum atomic E-state index is 14.0. The Kier molecular flexibility index (Phi) is 11.8. The molecule has 13 heteroatoms. The number of phenolic OH excluding ortho intramolecular Hbond substituents is 1. The van der Waals surface area contributed by atoms with Crippen LogP contribution in [0, 0.1) is 5.92 Å². The predicted molar refractivity (Wildman–Crippen MR) is 157 cm³/mol. The molecular weight excluding hydrogens is 572 g/mol. The minimum absolute atomic E-state index is 0.0157. The minimum atomic E-state index is -1.30. The number of carbonyl (C=O) groups excluding carboxylic acids is 5. The van der Waals surface area contributed by atoms with Crippen molar-refractivity contribution in [2.75, 3.05) is 6.54 Å². The summed E-state index contributed by atoms with van der Waals surface area (Å²) in [6.45, 7) is 4.68. The highest BCUT2D eigenvalue weighted by Gasteiger charge is 2.44. The van der Waals surface area contributed by atoms with E-state index < -0.39 is 72.2 Å². The van der Waals surface area contributed by atoms with Crippen LogP contribution in [0.5, 0.6) is 11.5 Å². The van der Waals surface area contributed by atoms with Crippen molar-refractivity contribution in [1.82, 2.24) is 20.9 Å². The summed E-state index contributed by atoms with van der Waals surface area (Å²) in [6, 6.07) is 10.4. The molecule has 1 heterocycles. The van der Waals surface area contributed by atoms with Gasteiger partial charge in [0.25, 0.3) is 0 Å². The molecule has 0 spiro atoms. The molecule has 0 saturated carbocycles. The lowest BCUT2D eigenvalue weighted by molar-refractivity contribution is -0.143. The maximum absolute atomic E-state index is 14.0. The van der Waals surface area contributed by atoms with Crippen molar-refractivity contribution < 1.29 is 43.7 Å². The molecule has 236 valence electrons. The van der Waals surface area contributed by atoms with E-state index in [1.807, 2.05) is 0 Å². The number of phenols is 1. The summed E-state index contributed by atoms with van der Waals surface area (Å²) in [5.74, 6) is -3.56. The number of aliphatic carboxylic acids is 1. The number of hydrogen-bond donors (Lipinski definition) is 5. The first-order valence-corrected chi connectivity index (χ1v) is 14.2. The maximum Gasteiger partial charge on any atom is 0.305 e. The smallest absolute Gasteiger partial charge is 0.305 e. The zero-order valence-corrected chi connectivity index (χ0v) is 24.8. The molecule has 1 aliphatic heterocycles. The van der Waals surface area contributed by atoms with E-state index in [-0.39, 0.29) is 25.1 Å². The van der Waals surface area contributed by atoms with Gasteiger partial charge in [-0.3, -0.25) is 24.0 Å². The van der Waals surface area contributed by atoms with Gasteiger partial charge in [0.05, 0.1) is 19.0 Å². The van der Waals surface area contributed by atoms with Gasteiger partial charge in [-0.2, -0.15) is 0 Å². The van der Waals surface area contributed by atoms with Gasteiger partial charge in [0.15, 0.2) is 0 Å². The highest BCUT2D eigenvalue weighted by molar-refractivity contribution is 5.95. The number of carboxylic acids is 1. The predicted octanol–water partition coefficient (Wildman–Crippen LogP) is 0.787. The number of rotatable bonds is 14. The van der Waals surface area contributed by atoms with Gasteiger partial charge in [0.1, 0.15) is 42.0 Å². The number of nitrogens with zero attached hydrogens (tertiary/aromatic N) is 1. The average molecular weight is 611 g/mol. The summed E-state index contributed by atoms with van der Waals surface area (Å²) >= 11 is 0. The van der Waals surface area contributed by atoms with Crippen molar-refractivity contribution in [3.8, 4) is 11.5 Å². The zero-order valence-electron chi connectivity index (χ0n) is 24.8. The summed E-state index contributed by atoms with van der Waals surface area (Å²) in [5.41, 5.74) is 0.660. The Bertz CT molecular complexity index is 1330. The Labute approximate surface area is 254 Å². The lowest BCUT2D eigenvalue weighted by Gasteiger charge is -2.31. The van der Waals surface area contributed by atoms with E-state index in [0.717, 1.165) is 0 Å². The van der Waals surface area contributed by atoms with Gasteiger partial charge < -0.3 is 40.6 Å². The van der Waals surface area contributed by atoms with E-state index in [4.69, 9.17) is 9.84 Å². The number of hydrogen-bond acceptors (Lipinski definition) is 8. The number of aldehydes is 1. The second kappa shape index (κ2) is 15.5. The number of para-hydroxylation sites is 1. The quantitative estimate of drug-likeness (QED) is 0.192. The molecule has 2 aromatic carbocycles. The second-order valence-electron chi connectivity index (χ2n) is 11.0. The highest BCUT2D eigenvalue weighted by atomic mass is 16.5. The molecular formula is C31H38N4O9. The van der Waals surface area contributed by atoms with Crippen LogP contribution >= 0.6 is 0 Å². The van der Waals surface area contributed by atoms with E-state index in [1.165, 1.54) is 24.0 Å². The van der Waals surface area contributed by atoms with E-state index >= 15 is 0 Å². The van der Waals surface area contributed by atoms with Crippen molar-refractivity contribution in [3.05, 3.63) is 60.2 Å². The molecule has 5 atom stereocenters. The molecule has 13 nitrogen and oxygen atoms in total. The summed E-state index contributed by atoms with van der Waals surface area (Å²) < 4.78 is 6.02. The molecule has 3 rings (SSSR count). The van der Waals surface area contributed by atoms with Crippen molar-refractivity contribution in [3.63, 3.8) is 0 Å². The minimum Gasteiger partial charge on any atom is -0.508 e. The summed E-state index contributed by atoms with van der Waals surface area (Å²) in [4.78, 5) is 76.6. The normalized spacial score (nSPS) is 18.0. The van der Waals surface area contributed by atoms with Crippen molar-refractivity contribution >= 4 is 35.9 Å². The molecule has 5 N–H and O–H groups in total. The van der Waals surface area contributed by atoms with E-state index in [1.54, 1.807) is 56.3 Å². The topological polar surface area (TPSA) is 191 Å². The lowest BCUT2D eigenvalue weighted by atomic mass is 10.00. The standard InChI is InChI=1S/C31H38N4O9/c1-18(2)28(34-29(41)25(32-19(3)37)13-20-9-11-22(38)12-10-20)31(43)35-16-24(44-23-7-5-4-6-8-23)15-26(35)30(42)33-21(17-36)14-27(39)40/h4-12,17-18,21,24-26,28,38H,13-16H2,1-3H3,(H,32,37)(H,33,42)(H,34,41)(H,39,40)/t21-,24+,25-,26-,28-/m0/s1. The van der Waals surface area contributed by atoms with Crippen LogP contribution < -0.4 is 20.7 Å². The van der Waals surface area contributed by atoms with Crippen LogP contribution in [0.4, 0.5) is 0 Å². The summed E-state index contributed by atoms with van der Waals surface area (Å²) in [7, 11) is 0. The van der Waals surface area contributed by atoms with Crippen LogP contribution in [0.25, 0.3) is 0 Å². The van der Waals surface area contributed by atoms with Crippen LogP contribution in [0.2, 0.25) is 0 Å². The Morgan fingerprint density at radius 3 is 2.23 bits per heavy atom. The van der Waals surface area contributed by atoms with E-state index in [9.17, 15) is 33.9 Å². The molecule has 0 aromatic heterocycles. The number of nitrogens with one attached hydrogen (secondary N) is 3. The number of carbonyl (C=O) groups is 6. The SMILES string of the molecule is CC(=O)N[C@@H](Cc1ccc(O)cc1)C(=O)N[C@H](C(=O)N1C[C@H](Oc2ccccc2)C[C@H]1C(=O)N[C@H](C=O)CC(=O)O)C(C)C. The Morgan fingerprint density at radius 2 is 1.66 bits per heavy atom. The van der Waals surface area contributed by atoms with Crippen LogP contribution in [0.15, 0.2) is 54.6 Å². The van der Waals surface area contributed by atoms with Crippen LogP contribution in [-0.2, 0) is 35.2 Å². The summed E-state index contributed by atoms with van der Waals surface area (Å²) in [6.07, 6.45) is -0.784. The molecule has 1 saturated heterocycles. The molecule has 1 aliphatic rings. The molecule has 2 aromatic rings. The van der Waals surface area contributed by atoms with Crippen LogP contribution in [-0.4, -0.2) is 87.8 Å². The number of carboxylic acid groups (broad SMARTS) is 1. The fourth-order valence-corrected chi connectivity index (χ4v) is 4.94. The molecule has 44 heavy (non-hydrogen) atoms. The van der Waals surface area contributed by atoms with Crippen molar-refractivity contribution in [2.24, 2.45) is 5.92 Å². The fourth-order valence-electron chi connectivity index (χ4n) is 4.94. The Hall–Kier alpha value is -4.94. The summed E-state index contributed by atoms with van der Waals surface area (Å²) in [5, 5.41) is 26.4. The number of ether oxygens (including phenoxy) is 1. The first kappa shape index (κ1) is 33.6. The largest absolute Gasteiger partial charge is 0.508 e. The third-order valence-corrected chi connectivity index (χ3v) is 7.08. The van der Waals surface area contributed by atoms with Crippen molar-refractivity contribution in [2.45, 2.75) is 70.3 Å². The molecule has 0 aliphatic carbocycles. The second-order valence-corrected chi connectivity index (χ2v) is 11.0. The van der Waals surface area contributed by atoms with E-state index in [2.05, 4.69) is 16.0 Å². The van der Waals surface area contributed by atoms with Gasteiger partial charge >= 0.3 is 5.97 Å². The van der Waals surface area contributed by atoms with Crippen molar-refractivity contribution in [1.29, 1.82) is 0 Å². The molecule has 0 radical (unpaired) electrons. The monoisotopic (exact) mass is 610 g/mol. The highest BCUT2D eigenvalue weighted by Crippen LogP contribution is 2.25.